The fourth-order valence-electron chi connectivity index (χ4n) is 0.869. The Morgan fingerprint density at radius 2 is 2.00 bits per heavy atom. The maximum atomic E-state index is 5.12. The van der Waals surface area contributed by atoms with Crippen molar-refractivity contribution in [2.45, 2.75) is 6.10 Å². The first-order chi connectivity index (χ1) is 3.58. The van der Waals surface area contributed by atoms with Gasteiger partial charge in [-0.3, -0.25) is 0 Å². The molecule has 0 saturated carbocycles. The topological polar surface area (TPSA) is 12.5 Å². The van der Waals surface area contributed by atoms with Crippen LogP contribution >= 0.6 is 7.26 Å². The average molecular weight is 134 g/mol. The first-order valence-electron chi connectivity index (χ1n) is 3.19. The van der Waals surface area contributed by atoms with Gasteiger partial charge in [-0.25, -0.2) is 0 Å². The molecule has 0 radical (unpaired) electrons. The predicted octanol–water partition coefficient (Wildman–Crippen LogP) is 1.02. The molecule has 0 amide bonds. The third-order valence-corrected chi connectivity index (χ3v) is 2.92. The minimum absolute atomic E-state index is 0.654. The van der Waals surface area contributed by atoms with E-state index in [0.29, 0.717) is 6.10 Å². The Morgan fingerprint density at radius 3 is 2.12 bits per heavy atom. The number of hydrogen-bond donors (Lipinski definition) is 0. The number of hydrogen-bond acceptors (Lipinski definition) is 1. The summed E-state index contributed by atoms with van der Waals surface area (Å²) < 4.78 is 5.12. The molecule has 0 N–H and O–H groups in total. The van der Waals surface area contributed by atoms with Crippen molar-refractivity contribution in [2.75, 3.05) is 32.8 Å². The molecular weight excluding hydrogens is 119 g/mol. The van der Waals surface area contributed by atoms with Gasteiger partial charge in [0.15, 0.2) is 0 Å². The quantitative estimate of drug-likeness (QED) is 0.406. The van der Waals surface area contributed by atoms with Crippen LogP contribution in [-0.2, 0) is 4.74 Å². The Bertz CT molecular complexity index is 81.0. The van der Waals surface area contributed by atoms with Crippen LogP contribution in [0.1, 0.15) is 0 Å². The minimum atomic E-state index is -0.783. The molecule has 0 aromatic rings. The molecule has 0 aromatic carbocycles. The monoisotopic (exact) mass is 134 g/mol. The molecule has 0 aliphatic carbocycles. The molecule has 8 heavy (non-hydrogen) atoms. The second-order valence-corrected chi connectivity index (χ2v) is 9.25. The van der Waals surface area contributed by atoms with E-state index in [0.717, 1.165) is 6.61 Å². The molecule has 1 saturated heterocycles. The van der Waals surface area contributed by atoms with Crippen molar-refractivity contribution in [1.29, 1.82) is 0 Å². The van der Waals surface area contributed by atoms with Gasteiger partial charge >= 0.3 is 50.9 Å². The fourth-order valence-corrected chi connectivity index (χ4v) is 2.47. The number of ether oxygens (including phenoxy) is 1. The zero-order valence-electron chi connectivity index (χ0n) is 5.90. The van der Waals surface area contributed by atoms with E-state index < -0.39 is 7.26 Å². The molecule has 0 aromatic heterocycles. The SMILES string of the molecule is C[PH](C)(C)CC1CO1. The Labute approximate surface area is 51.8 Å². The van der Waals surface area contributed by atoms with Crippen molar-refractivity contribution < 1.29 is 4.74 Å². The molecule has 50 valence electrons. The van der Waals surface area contributed by atoms with Gasteiger partial charge in [-0.1, -0.05) is 0 Å². The summed E-state index contributed by atoms with van der Waals surface area (Å²) in [5, 5.41) is 0. The van der Waals surface area contributed by atoms with E-state index in [1.54, 1.807) is 0 Å². The molecule has 1 unspecified atom stereocenters. The van der Waals surface area contributed by atoms with Gasteiger partial charge in [-0.2, -0.15) is 0 Å². The van der Waals surface area contributed by atoms with Crippen LogP contribution in [0.15, 0.2) is 0 Å². The van der Waals surface area contributed by atoms with Gasteiger partial charge < -0.3 is 0 Å². The Morgan fingerprint density at radius 1 is 1.50 bits per heavy atom. The van der Waals surface area contributed by atoms with Gasteiger partial charge in [0.2, 0.25) is 0 Å². The van der Waals surface area contributed by atoms with Crippen LogP contribution in [0.25, 0.3) is 0 Å². The van der Waals surface area contributed by atoms with Crippen LogP contribution < -0.4 is 0 Å². The van der Waals surface area contributed by atoms with Crippen LogP contribution in [-0.4, -0.2) is 38.9 Å². The Kier molecular flexibility index (Phi) is 1.60. The van der Waals surface area contributed by atoms with Crippen LogP contribution in [0, 0.1) is 0 Å². The summed E-state index contributed by atoms with van der Waals surface area (Å²) in [6.07, 6.45) is 2.01. The van der Waals surface area contributed by atoms with E-state index in [1.165, 1.54) is 6.16 Å². The second-order valence-electron chi connectivity index (χ2n) is 3.72. The summed E-state index contributed by atoms with van der Waals surface area (Å²) in [5.74, 6) is 0. The predicted molar refractivity (Wildman–Crippen MR) is 40.7 cm³/mol. The molecule has 0 bridgehead atoms. The van der Waals surface area contributed by atoms with Gasteiger partial charge in [0.1, 0.15) is 0 Å². The van der Waals surface area contributed by atoms with Crippen LogP contribution in [0.2, 0.25) is 0 Å². The summed E-state index contributed by atoms with van der Waals surface area (Å²) in [5.41, 5.74) is 0. The standard InChI is InChI=1S/C6H15OP/c1-8(2,3)5-6-4-7-6/h6,8H,4-5H2,1-3H3. The van der Waals surface area contributed by atoms with Crippen molar-refractivity contribution in [3.05, 3.63) is 0 Å². The number of rotatable bonds is 2. The fraction of sp³-hybridized carbons (Fsp3) is 1.00. The zero-order valence-corrected chi connectivity index (χ0v) is 6.90. The maximum absolute atomic E-state index is 5.12. The van der Waals surface area contributed by atoms with E-state index in [-0.39, 0.29) is 0 Å². The molecule has 1 aliphatic heterocycles. The Balaban J connectivity index is 2.16. The van der Waals surface area contributed by atoms with Gasteiger partial charge in [0.25, 0.3) is 0 Å². The first kappa shape index (κ1) is 6.51. The summed E-state index contributed by atoms with van der Waals surface area (Å²) in [7, 11) is -0.783. The van der Waals surface area contributed by atoms with Gasteiger partial charge in [0, 0.05) is 0 Å². The van der Waals surface area contributed by atoms with E-state index in [1.807, 2.05) is 0 Å². The van der Waals surface area contributed by atoms with Crippen molar-refractivity contribution in [3.8, 4) is 0 Å². The van der Waals surface area contributed by atoms with Gasteiger partial charge in [-0.05, 0) is 0 Å². The molecule has 0 spiro atoms. The van der Waals surface area contributed by atoms with Gasteiger partial charge in [0.05, 0.1) is 0 Å². The van der Waals surface area contributed by atoms with Gasteiger partial charge in [-0.15, -0.1) is 0 Å². The molecule has 1 nitrogen and oxygen atoms in total. The first-order valence-corrected chi connectivity index (χ1v) is 6.90. The molecular formula is C6H15OP. The number of epoxide rings is 1. The van der Waals surface area contributed by atoms with E-state index in [4.69, 9.17) is 4.74 Å². The van der Waals surface area contributed by atoms with E-state index in [2.05, 4.69) is 20.0 Å². The molecule has 2 heteroatoms. The van der Waals surface area contributed by atoms with Crippen LogP contribution in [0.5, 0.6) is 0 Å². The zero-order chi connectivity index (χ0) is 6.20. The molecule has 1 fully saturated rings. The Hall–Kier alpha value is 0.390. The summed E-state index contributed by atoms with van der Waals surface area (Å²) >= 11 is 0. The molecule has 1 aliphatic rings. The molecule has 1 rings (SSSR count). The van der Waals surface area contributed by atoms with E-state index >= 15 is 0 Å². The molecule has 1 heterocycles. The normalized spacial score (nSPS) is 30.1. The molecule has 1 atom stereocenters. The van der Waals surface area contributed by atoms with Crippen LogP contribution in [0.4, 0.5) is 0 Å². The summed E-state index contributed by atoms with van der Waals surface area (Å²) in [6.45, 7) is 8.18. The van der Waals surface area contributed by atoms with Crippen LogP contribution in [0.3, 0.4) is 0 Å². The third kappa shape index (κ3) is 2.64. The van der Waals surface area contributed by atoms with Crippen molar-refractivity contribution in [1.82, 2.24) is 0 Å². The summed E-state index contributed by atoms with van der Waals surface area (Å²) in [4.78, 5) is 0. The average Bonchev–Trinajstić information content (AvgIpc) is 2.12. The van der Waals surface area contributed by atoms with Crippen molar-refractivity contribution in [2.24, 2.45) is 0 Å². The summed E-state index contributed by atoms with van der Waals surface area (Å²) in [6, 6.07) is 0. The van der Waals surface area contributed by atoms with Crippen molar-refractivity contribution >= 4 is 7.26 Å². The second kappa shape index (κ2) is 1.97. The van der Waals surface area contributed by atoms with E-state index in [9.17, 15) is 0 Å². The van der Waals surface area contributed by atoms with Crippen molar-refractivity contribution in [3.63, 3.8) is 0 Å². The third-order valence-electron chi connectivity index (χ3n) is 1.24.